The molecule has 1 fully saturated rings. The lowest BCUT2D eigenvalue weighted by molar-refractivity contribution is -0.00535. The van der Waals surface area contributed by atoms with Crippen LogP contribution in [0, 0.1) is 5.41 Å². The topological polar surface area (TPSA) is 49.7 Å². The van der Waals surface area contributed by atoms with E-state index in [4.69, 9.17) is 4.74 Å². The summed E-state index contributed by atoms with van der Waals surface area (Å²) in [5.74, 6) is 0. The summed E-state index contributed by atoms with van der Waals surface area (Å²) in [6, 6.07) is 7.32. The van der Waals surface area contributed by atoms with E-state index in [1.54, 1.807) is 12.1 Å². The first-order valence-corrected chi connectivity index (χ1v) is 7.03. The van der Waals surface area contributed by atoms with Gasteiger partial charge in [-0.2, -0.15) is 0 Å². The molecule has 0 amide bonds. The van der Waals surface area contributed by atoms with Gasteiger partial charge in [0.05, 0.1) is 12.7 Å². The van der Waals surface area contributed by atoms with Crippen molar-refractivity contribution in [1.29, 1.82) is 0 Å². The van der Waals surface area contributed by atoms with Crippen LogP contribution in [0.4, 0.5) is 0 Å². The van der Waals surface area contributed by atoms with Gasteiger partial charge in [-0.25, -0.2) is 0 Å². The molecule has 1 aliphatic rings. The van der Waals surface area contributed by atoms with Gasteiger partial charge in [-0.05, 0) is 42.1 Å². The van der Waals surface area contributed by atoms with Crippen LogP contribution in [0.1, 0.15) is 45.1 Å². The van der Waals surface area contributed by atoms with E-state index in [1.165, 1.54) is 12.8 Å². The highest BCUT2D eigenvalue weighted by atomic mass is 16.5. The van der Waals surface area contributed by atoms with Gasteiger partial charge in [-0.1, -0.05) is 38.1 Å². The molecular weight excluding hydrogens is 239 g/mol. The summed E-state index contributed by atoms with van der Waals surface area (Å²) in [4.78, 5) is 0. The lowest BCUT2D eigenvalue weighted by atomic mass is 9.76. The second-order valence-corrected chi connectivity index (χ2v) is 6.25. The number of ether oxygens (including phenoxy) is 1. The molecule has 1 saturated carbocycles. The number of rotatable bonds is 4. The van der Waals surface area contributed by atoms with Gasteiger partial charge >= 0.3 is 7.12 Å². The van der Waals surface area contributed by atoms with E-state index < -0.39 is 7.12 Å². The first-order valence-electron chi connectivity index (χ1n) is 7.03. The summed E-state index contributed by atoms with van der Waals surface area (Å²) < 4.78 is 5.93. The van der Waals surface area contributed by atoms with E-state index in [9.17, 15) is 10.0 Å². The van der Waals surface area contributed by atoms with Crippen LogP contribution in [0.5, 0.6) is 0 Å². The summed E-state index contributed by atoms with van der Waals surface area (Å²) in [6.45, 7) is 5.07. The van der Waals surface area contributed by atoms with E-state index in [2.05, 4.69) is 13.8 Å². The molecule has 0 saturated heterocycles. The van der Waals surface area contributed by atoms with Gasteiger partial charge in [0.1, 0.15) is 0 Å². The summed E-state index contributed by atoms with van der Waals surface area (Å²) in [5, 5.41) is 18.6. The van der Waals surface area contributed by atoms with E-state index in [0.717, 1.165) is 18.4 Å². The van der Waals surface area contributed by atoms with Crippen LogP contribution in [-0.4, -0.2) is 23.3 Å². The first-order chi connectivity index (χ1) is 8.98. The Labute approximate surface area is 115 Å². The van der Waals surface area contributed by atoms with Crippen LogP contribution >= 0.6 is 0 Å². The summed E-state index contributed by atoms with van der Waals surface area (Å²) in [5.41, 5.74) is 1.85. The lowest BCUT2D eigenvalue weighted by Gasteiger charge is -2.34. The number of hydrogen-bond donors (Lipinski definition) is 2. The van der Waals surface area contributed by atoms with Crippen LogP contribution in [0.2, 0.25) is 0 Å². The largest absolute Gasteiger partial charge is 0.488 e. The van der Waals surface area contributed by atoms with Crippen molar-refractivity contribution in [1.82, 2.24) is 0 Å². The Bertz CT molecular complexity index is 408. The molecule has 0 unspecified atom stereocenters. The zero-order chi connectivity index (χ0) is 13.9. The Morgan fingerprint density at radius 2 is 1.84 bits per heavy atom. The molecule has 0 aromatic heterocycles. The van der Waals surface area contributed by atoms with Crippen LogP contribution in [-0.2, 0) is 11.3 Å². The minimum absolute atomic E-state index is 0.303. The van der Waals surface area contributed by atoms with Gasteiger partial charge in [0.25, 0.3) is 0 Å². The van der Waals surface area contributed by atoms with Crippen LogP contribution < -0.4 is 5.46 Å². The van der Waals surface area contributed by atoms with E-state index in [1.807, 2.05) is 12.1 Å². The van der Waals surface area contributed by atoms with Crippen molar-refractivity contribution < 1.29 is 14.8 Å². The van der Waals surface area contributed by atoms with Gasteiger partial charge in [-0.15, -0.1) is 0 Å². The highest BCUT2D eigenvalue weighted by molar-refractivity contribution is 6.59. The summed E-state index contributed by atoms with van der Waals surface area (Å²) in [6.07, 6.45) is 4.88. The second-order valence-electron chi connectivity index (χ2n) is 6.25. The first kappa shape index (κ1) is 14.6. The van der Waals surface area contributed by atoms with Crippen LogP contribution in [0.25, 0.3) is 0 Å². The van der Waals surface area contributed by atoms with Crippen LogP contribution in [0.15, 0.2) is 24.3 Å². The Hall–Kier alpha value is -0.835. The molecule has 0 radical (unpaired) electrons. The summed E-state index contributed by atoms with van der Waals surface area (Å²) >= 11 is 0. The molecular formula is C15H23BO3. The van der Waals surface area contributed by atoms with Crippen molar-refractivity contribution in [3.63, 3.8) is 0 Å². The molecule has 0 spiro atoms. The average Bonchev–Trinajstić information content (AvgIpc) is 2.38. The SMILES string of the molecule is CC1(C)CCC(OCc2ccccc2B(O)O)CC1. The maximum absolute atomic E-state index is 9.31. The summed E-state index contributed by atoms with van der Waals surface area (Å²) in [7, 11) is -1.43. The Morgan fingerprint density at radius 1 is 1.21 bits per heavy atom. The predicted octanol–water partition coefficient (Wildman–Crippen LogP) is 1.85. The van der Waals surface area contributed by atoms with Crippen molar-refractivity contribution in [2.24, 2.45) is 5.41 Å². The molecule has 104 valence electrons. The third-order valence-electron chi connectivity index (χ3n) is 4.09. The van der Waals surface area contributed by atoms with Crippen molar-refractivity contribution >= 4 is 12.6 Å². The standard InChI is InChI=1S/C15H23BO3/c1-15(2)9-7-13(8-10-15)19-11-12-5-3-4-6-14(12)16(17)18/h3-6,13,17-18H,7-11H2,1-2H3. The van der Waals surface area contributed by atoms with E-state index in [0.29, 0.717) is 23.6 Å². The minimum Gasteiger partial charge on any atom is -0.423 e. The lowest BCUT2D eigenvalue weighted by Crippen LogP contribution is -2.34. The maximum atomic E-state index is 9.31. The third kappa shape index (κ3) is 4.06. The fourth-order valence-corrected chi connectivity index (χ4v) is 2.66. The van der Waals surface area contributed by atoms with Gasteiger partial charge in [0.15, 0.2) is 0 Å². The highest BCUT2D eigenvalue weighted by Crippen LogP contribution is 2.36. The highest BCUT2D eigenvalue weighted by Gasteiger charge is 2.27. The Kier molecular flexibility index (Phi) is 4.66. The van der Waals surface area contributed by atoms with E-state index in [-0.39, 0.29) is 0 Å². The molecule has 0 bridgehead atoms. The molecule has 0 aliphatic heterocycles. The molecule has 1 aromatic carbocycles. The predicted molar refractivity (Wildman–Crippen MR) is 77.1 cm³/mol. The zero-order valence-electron chi connectivity index (χ0n) is 11.8. The van der Waals surface area contributed by atoms with Crippen molar-refractivity contribution in [2.75, 3.05) is 0 Å². The number of hydrogen-bond acceptors (Lipinski definition) is 3. The van der Waals surface area contributed by atoms with Crippen molar-refractivity contribution in [2.45, 2.75) is 52.2 Å². The maximum Gasteiger partial charge on any atom is 0.488 e. The smallest absolute Gasteiger partial charge is 0.423 e. The van der Waals surface area contributed by atoms with Gasteiger partial charge in [-0.3, -0.25) is 0 Å². The molecule has 2 rings (SSSR count). The molecule has 3 nitrogen and oxygen atoms in total. The van der Waals surface area contributed by atoms with Crippen molar-refractivity contribution in [3.05, 3.63) is 29.8 Å². The quantitative estimate of drug-likeness (QED) is 0.814. The Balaban J connectivity index is 1.89. The van der Waals surface area contributed by atoms with Crippen molar-refractivity contribution in [3.8, 4) is 0 Å². The fourth-order valence-electron chi connectivity index (χ4n) is 2.66. The minimum atomic E-state index is -1.43. The normalized spacial score (nSPS) is 19.4. The second kappa shape index (κ2) is 6.08. The zero-order valence-corrected chi connectivity index (χ0v) is 11.8. The monoisotopic (exact) mass is 262 g/mol. The molecule has 0 heterocycles. The van der Waals surface area contributed by atoms with Crippen LogP contribution in [0.3, 0.4) is 0 Å². The van der Waals surface area contributed by atoms with Gasteiger partial charge in [0, 0.05) is 0 Å². The molecule has 19 heavy (non-hydrogen) atoms. The number of benzene rings is 1. The molecule has 1 aromatic rings. The fraction of sp³-hybridized carbons (Fsp3) is 0.600. The third-order valence-corrected chi connectivity index (χ3v) is 4.09. The Morgan fingerprint density at radius 3 is 2.47 bits per heavy atom. The molecule has 4 heteroatoms. The molecule has 1 aliphatic carbocycles. The van der Waals surface area contributed by atoms with E-state index >= 15 is 0 Å². The van der Waals surface area contributed by atoms with Gasteiger partial charge in [0.2, 0.25) is 0 Å². The molecule has 2 N–H and O–H groups in total. The molecule has 0 atom stereocenters. The average molecular weight is 262 g/mol. The van der Waals surface area contributed by atoms with Gasteiger partial charge < -0.3 is 14.8 Å².